The molecule has 9 aromatic rings. The van der Waals surface area contributed by atoms with E-state index >= 15 is 0 Å². The largest absolute Gasteiger partial charge is 0.354 e. The zero-order valence-corrected chi connectivity index (χ0v) is 31.5. The van der Waals surface area contributed by atoms with Crippen LogP contribution in [-0.4, -0.2) is 19.5 Å². The first-order valence-electron chi connectivity index (χ1n) is 18.6. The van der Waals surface area contributed by atoms with Crippen LogP contribution in [0.25, 0.3) is 88.5 Å². The summed E-state index contributed by atoms with van der Waals surface area (Å²) in [6, 6.07) is 46.2. The van der Waals surface area contributed by atoms with Gasteiger partial charge in [0.2, 0.25) is 0 Å². The van der Waals surface area contributed by atoms with Gasteiger partial charge in [-0.2, -0.15) is 0 Å². The summed E-state index contributed by atoms with van der Waals surface area (Å²) in [5, 5.41) is 4.86. The van der Waals surface area contributed by atoms with Crippen molar-refractivity contribution in [3.8, 4) is 44.9 Å². The molecule has 3 heterocycles. The van der Waals surface area contributed by atoms with E-state index in [9.17, 15) is 0 Å². The maximum absolute atomic E-state index is 5.55. The lowest BCUT2D eigenvalue weighted by molar-refractivity contribution is 0.590. The number of imidazole rings is 1. The van der Waals surface area contributed by atoms with Crippen LogP contribution >= 0.6 is 0 Å². The van der Waals surface area contributed by atoms with Crippen LogP contribution in [0.5, 0.6) is 0 Å². The fourth-order valence-corrected chi connectivity index (χ4v) is 7.83. The molecule has 4 heteroatoms. The zero-order valence-electron chi connectivity index (χ0n) is 31.5. The van der Waals surface area contributed by atoms with Crippen molar-refractivity contribution in [3.05, 3.63) is 145 Å². The number of hydrogen-bond donors (Lipinski definition) is 1. The van der Waals surface area contributed by atoms with Gasteiger partial charge in [-0.1, -0.05) is 114 Å². The molecule has 0 fully saturated rings. The minimum atomic E-state index is -0.0465. The average molecular weight is 689 g/mol. The van der Waals surface area contributed by atoms with E-state index < -0.39 is 0 Å². The molecule has 0 saturated carbocycles. The van der Waals surface area contributed by atoms with Crippen molar-refractivity contribution in [1.29, 1.82) is 0 Å². The average Bonchev–Trinajstić information content (AvgIpc) is 3.70. The van der Waals surface area contributed by atoms with E-state index in [0.717, 1.165) is 61.4 Å². The molecule has 0 aliphatic heterocycles. The highest BCUT2D eigenvalue weighted by molar-refractivity contribution is 6.13. The summed E-state index contributed by atoms with van der Waals surface area (Å²) < 4.78 is 2.27. The summed E-state index contributed by atoms with van der Waals surface area (Å²) in [6.07, 6.45) is 1.92. The fraction of sp³-hybridized carbons (Fsp3) is 0.184. The number of aromatic nitrogens is 4. The predicted octanol–water partition coefficient (Wildman–Crippen LogP) is 13.0. The Labute approximate surface area is 311 Å². The maximum atomic E-state index is 5.55. The van der Waals surface area contributed by atoms with E-state index in [2.05, 4.69) is 186 Å². The Morgan fingerprint density at radius 1 is 0.547 bits per heavy atom. The quantitative estimate of drug-likeness (QED) is 0.200. The molecule has 0 amide bonds. The third-order valence-electron chi connectivity index (χ3n) is 10.9. The number of aryl methyl sites for hydroxylation is 1. The number of fused-ring (bicyclic) bond motifs is 5. The number of rotatable bonds is 4. The fourth-order valence-electron chi connectivity index (χ4n) is 7.83. The van der Waals surface area contributed by atoms with Gasteiger partial charge in [0.1, 0.15) is 5.82 Å². The van der Waals surface area contributed by atoms with Crippen molar-refractivity contribution in [1.82, 2.24) is 19.5 Å². The van der Waals surface area contributed by atoms with E-state index in [1.54, 1.807) is 0 Å². The standard InChI is InChI=1S/C49H44N4/c1-48(2,3)34-20-21-42-39(27-34)40-28-35(49(4,5)6)29-41(45(40)51-42)47-52-46-37(18-13-19-44(46)53(47)7)38-25-33(24-32-16-11-12-17-36(32)38)43-26-31(22-23-50-43)30-14-9-8-10-15-30/h8-29,51H,1-7H3. The molecule has 0 radical (unpaired) electrons. The van der Waals surface area contributed by atoms with Crippen LogP contribution in [0.1, 0.15) is 52.7 Å². The maximum Gasteiger partial charge on any atom is 0.143 e. The van der Waals surface area contributed by atoms with Gasteiger partial charge in [-0.3, -0.25) is 4.98 Å². The van der Waals surface area contributed by atoms with Gasteiger partial charge in [-0.25, -0.2) is 4.98 Å². The van der Waals surface area contributed by atoms with Crippen molar-refractivity contribution < 1.29 is 0 Å². The lowest BCUT2D eigenvalue weighted by atomic mass is 9.84. The highest BCUT2D eigenvalue weighted by Crippen LogP contribution is 2.42. The van der Waals surface area contributed by atoms with Crippen molar-refractivity contribution in [3.63, 3.8) is 0 Å². The van der Waals surface area contributed by atoms with Gasteiger partial charge in [-0.05, 0) is 104 Å². The molecule has 0 spiro atoms. The van der Waals surface area contributed by atoms with Crippen molar-refractivity contribution >= 4 is 43.6 Å². The molecule has 1 N–H and O–H groups in total. The minimum Gasteiger partial charge on any atom is -0.354 e. The second kappa shape index (κ2) is 12.0. The van der Waals surface area contributed by atoms with Gasteiger partial charge < -0.3 is 9.55 Å². The van der Waals surface area contributed by atoms with Gasteiger partial charge >= 0.3 is 0 Å². The van der Waals surface area contributed by atoms with Crippen molar-refractivity contribution in [2.24, 2.45) is 7.05 Å². The second-order valence-corrected chi connectivity index (χ2v) is 16.5. The number of para-hydroxylation sites is 1. The summed E-state index contributed by atoms with van der Waals surface area (Å²) in [7, 11) is 2.15. The Bertz CT molecular complexity index is 2860. The van der Waals surface area contributed by atoms with Gasteiger partial charge in [0.05, 0.1) is 22.2 Å². The first kappa shape index (κ1) is 32.9. The molecule has 0 atom stereocenters. The van der Waals surface area contributed by atoms with Gasteiger partial charge in [0.25, 0.3) is 0 Å². The molecule has 0 unspecified atom stereocenters. The molecule has 0 aliphatic rings. The molecular formula is C49H44N4. The van der Waals surface area contributed by atoms with Crippen LogP contribution in [0.2, 0.25) is 0 Å². The van der Waals surface area contributed by atoms with Crippen molar-refractivity contribution in [2.75, 3.05) is 0 Å². The smallest absolute Gasteiger partial charge is 0.143 e. The van der Waals surface area contributed by atoms with E-state index in [-0.39, 0.29) is 10.8 Å². The highest BCUT2D eigenvalue weighted by Gasteiger charge is 2.24. The third kappa shape index (κ3) is 5.61. The molecule has 9 rings (SSSR count). The van der Waals surface area contributed by atoms with Crippen LogP contribution in [0.4, 0.5) is 0 Å². The summed E-state index contributed by atoms with van der Waals surface area (Å²) in [5.74, 6) is 0.948. The van der Waals surface area contributed by atoms with E-state index in [0.29, 0.717) is 0 Å². The molecule has 0 saturated heterocycles. The molecule has 53 heavy (non-hydrogen) atoms. The number of hydrogen-bond acceptors (Lipinski definition) is 2. The Hall–Kier alpha value is -6.00. The number of benzene rings is 6. The molecule has 6 aromatic carbocycles. The highest BCUT2D eigenvalue weighted by atomic mass is 15.1. The molecule has 4 nitrogen and oxygen atoms in total. The monoisotopic (exact) mass is 688 g/mol. The molecule has 260 valence electrons. The summed E-state index contributed by atoms with van der Waals surface area (Å²) >= 11 is 0. The molecular weight excluding hydrogens is 645 g/mol. The minimum absolute atomic E-state index is 0.0465. The van der Waals surface area contributed by atoms with Crippen LogP contribution in [0.3, 0.4) is 0 Å². The third-order valence-corrected chi connectivity index (χ3v) is 10.9. The Morgan fingerprint density at radius 3 is 2.09 bits per heavy atom. The predicted molar refractivity (Wildman–Crippen MR) is 225 cm³/mol. The Balaban J connectivity index is 1.27. The molecule has 0 aliphatic carbocycles. The van der Waals surface area contributed by atoms with E-state index in [4.69, 9.17) is 9.97 Å². The Morgan fingerprint density at radius 2 is 1.30 bits per heavy atom. The van der Waals surface area contributed by atoms with E-state index in [1.807, 2.05) is 6.20 Å². The summed E-state index contributed by atoms with van der Waals surface area (Å²) in [6.45, 7) is 13.7. The molecule has 3 aromatic heterocycles. The van der Waals surface area contributed by atoms with Gasteiger partial charge in [-0.15, -0.1) is 0 Å². The van der Waals surface area contributed by atoms with Crippen molar-refractivity contribution in [2.45, 2.75) is 52.4 Å². The number of H-pyrrole nitrogens is 1. The van der Waals surface area contributed by atoms with Crippen LogP contribution in [0, 0.1) is 0 Å². The number of nitrogens with zero attached hydrogens (tertiary/aromatic N) is 3. The second-order valence-electron chi connectivity index (χ2n) is 16.5. The Kier molecular flexibility index (Phi) is 7.46. The number of nitrogens with one attached hydrogen (secondary N) is 1. The SMILES string of the molecule is Cn1c(-c2cc(C(C)(C)C)cc3c2[nH]c2ccc(C(C)(C)C)cc23)nc2c(-c3cc(-c4cc(-c5ccccc5)ccn4)cc4ccccc34)cccc21. The van der Waals surface area contributed by atoms with Crippen LogP contribution in [-0.2, 0) is 17.9 Å². The first-order valence-corrected chi connectivity index (χ1v) is 18.6. The normalized spacial score (nSPS) is 12.4. The summed E-state index contributed by atoms with van der Waals surface area (Å²) in [4.78, 5) is 14.2. The first-order chi connectivity index (χ1) is 25.4. The van der Waals surface area contributed by atoms with Crippen LogP contribution < -0.4 is 0 Å². The van der Waals surface area contributed by atoms with E-state index in [1.165, 1.54) is 38.2 Å². The van der Waals surface area contributed by atoms with Gasteiger partial charge in [0, 0.05) is 46.2 Å². The zero-order chi connectivity index (χ0) is 36.6. The lowest BCUT2D eigenvalue weighted by Gasteiger charge is -2.21. The lowest BCUT2D eigenvalue weighted by Crippen LogP contribution is -2.11. The number of pyridine rings is 1. The number of aromatic amines is 1. The van der Waals surface area contributed by atoms with Crippen LogP contribution in [0.15, 0.2) is 134 Å². The summed E-state index contributed by atoms with van der Waals surface area (Å²) in [5.41, 5.74) is 14.7. The molecule has 0 bridgehead atoms. The topological polar surface area (TPSA) is 46.5 Å². The van der Waals surface area contributed by atoms with Gasteiger partial charge in [0.15, 0.2) is 0 Å².